The van der Waals surface area contributed by atoms with Gasteiger partial charge in [0.25, 0.3) is 0 Å². The number of para-hydroxylation sites is 1. The quantitative estimate of drug-likeness (QED) is 0.228. The Kier molecular flexibility index (Phi) is 5.64. The van der Waals surface area contributed by atoms with Crippen molar-refractivity contribution in [1.82, 2.24) is 0 Å². The predicted octanol–water partition coefficient (Wildman–Crippen LogP) is 9.48. The molecule has 0 atom stereocenters. The molecule has 1 heteroatoms. The first kappa shape index (κ1) is 23.3. The van der Waals surface area contributed by atoms with E-state index in [9.17, 15) is 0 Å². The molecule has 0 aliphatic heterocycles. The van der Waals surface area contributed by atoms with Gasteiger partial charge in [-0.25, -0.2) is 0 Å². The Morgan fingerprint density at radius 1 is 0.436 bits per heavy atom. The van der Waals surface area contributed by atoms with Crippen molar-refractivity contribution in [3.8, 4) is 22.3 Å². The van der Waals surface area contributed by atoms with Crippen LogP contribution in [0.25, 0.3) is 22.3 Å². The molecule has 0 radical (unpaired) electrons. The molecule has 0 amide bonds. The molecule has 0 saturated heterocycles. The van der Waals surface area contributed by atoms with Gasteiger partial charge in [0.1, 0.15) is 0 Å². The Balaban J connectivity index is 1.44. The normalized spacial score (nSPS) is 12.9. The minimum absolute atomic E-state index is 0.368. The Hall–Kier alpha value is -4.88. The summed E-state index contributed by atoms with van der Waals surface area (Å²) in [5.74, 6) is 0. The summed E-state index contributed by atoms with van der Waals surface area (Å²) in [4.78, 5) is 2.32. The van der Waals surface area contributed by atoms with Crippen LogP contribution in [0.1, 0.15) is 22.3 Å². The van der Waals surface area contributed by atoms with Crippen LogP contribution < -0.4 is 4.90 Å². The summed E-state index contributed by atoms with van der Waals surface area (Å²) >= 11 is 0. The van der Waals surface area contributed by atoms with Crippen molar-refractivity contribution in [1.29, 1.82) is 0 Å². The molecule has 0 bridgehead atoms. The number of anilines is 2. The Morgan fingerprint density at radius 3 is 1.62 bits per heavy atom. The van der Waals surface area contributed by atoms with E-state index in [0.717, 1.165) is 0 Å². The average Bonchev–Trinajstić information content (AvgIpc) is 3.32. The van der Waals surface area contributed by atoms with Gasteiger partial charge in [-0.2, -0.15) is 0 Å². The molecule has 0 unspecified atom stereocenters. The summed E-state index contributed by atoms with van der Waals surface area (Å²) in [5, 5.41) is 0. The number of benzene rings is 6. The average molecular weight is 500 g/mol. The first-order valence-corrected chi connectivity index (χ1v) is 13.5. The zero-order chi connectivity index (χ0) is 26.2. The lowest BCUT2D eigenvalue weighted by molar-refractivity contribution is 0.768. The van der Waals surface area contributed by atoms with E-state index in [1.54, 1.807) is 0 Å². The van der Waals surface area contributed by atoms with E-state index in [1.807, 2.05) is 0 Å². The minimum atomic E-state index is -0.368. The fraction of sp³-hybridized carbons (Fsp3) is 0.0526. The zero-order valence-corrected chi connectivity index (χ0v) is 22.0. The maximum absolute atomic E-state index is 2.38. The van der Waals surface area contributed by atoms with Gasteiger partial charge in [-0.15, -0.1) is 0 Å². The zero-order valence-electron chi connectivity index (χ0n) is 22.0. The van der Waals surface area contributed by atoms with Crippen molar-refractivity contribution >= 4 is 11.4 Å². The van der Waals surface area contributed by atoms with Crippen LogP contribution in [0.3, 0.4) is 0 Å². The Morgan fingerprint density at radius 2 is 0.949 bits per heavy atom. The second-order valence-corrected chi connectivity index (χ2v) is 10.2. The van der Waals surface area contributed by atoms with Crippen LogP contribution in [0.4, 0.5) is 11.4 Å². The lowest BCUT2D eigenvalue weighted by Crippen LogP contribution is -2.28. The molecule has 0 saturated carbocycles. The molecule has 0 heterocycles. The van der Waals surface area contributed by atoms with E-state index in [0.29, 0.717) is 0 Å². The molecule has 0 N–H and O–H groups in total. The Labute approximate surface area is 230 Å². The summed E-state index contributed by atoms with van der Waals surface area (Å²) in [6.45, 7) is 0. The van der Waals surface area contributed by atoms with Gasteiger partial charge in [-0.05, 0) is 57.1 Å². The predicted molar refractivity (Wildman–Crippen MR) is 164 cm³/mol. The van der Waals surface area contributed by atoms with Gasteiger partial charge in [0, 0.05) is 24.0 Å². The number of hydrogen-bond acceptors (Lipinski definition) is 1. The third-order valence-electron chi connectivity index (χ3n) is 8.18. The third kappa shape index (κ3) is 3.62. The summed E-state index contributed by atoms with van der Waals surface area (Å²) in [7, 11) is 2.17. The van der Waals surface area contributed by atoms with Crippen LogP contribution in [0, 0.1) is 0 Å². The molecule has 1 aliphatic carbocycles. The molecular formula is C38H29N. The molecule has 39 heavy (non-hydrogen) atoms. The van der Waals surface area contributed by atoms with Gasteiger partial charge in [-0.3, -0.25) is 0 Å². The highest BCUT2D eigenvalue weighted by Gasteiger charge is 2.46. The van der Waals surface area contributed by atoms with Gasteiger partial charge in [-0.1, -0.05) is 140 Å². The molecule has 0 aromatic heterocycles. The van der Waals surface area contributed by atoms with Gasteiger partial charge in [0.05, 0.1) is 5.41 Å². The first-order chi connectivity index (χ1) is 19.3. The van der Waals surface area contributed by atoms with Gasteiger partial charge in [0.2, 0.25) is 0 Å². The monoisotopic (exact) mass is 499 g/mol. The largest absolute Gasteiger partial charge is 0.344 e. The number of rotatable bonds is 5. The summed E-state index contributed by atoms with van der Waals surface area (Å²) < 4.78 is 0. The van der Waals surface area contributed by atoms with Crippen LogP contribution >= 0.6 is 0 Å². The van der Waals surface area contributed by atoms with E-state index >= 15 is 0 Å². The second-order valence-electron chi connectivity index (χ2n) is 10.2. The van der Waals surface area contributed by atoms with E-state index in [1.165, 1.54) is 55.9 Å². The standard InChI is InChI=1S/C38H29N/c1-39(37-24-14-12-21-32(37)28-15-5-2-6-16-28)31-25-26-36-34(27-31)33-22-11-13-23-35(33)38(36,29-17-7-3-8-18-29)30-19-9-4-10-20-30/h2-27H,1H3. The molecular weight excluding hydrogens is 470 g/mol. The maximum Gasteiger partial charge on any atom is 0.0713 e. The van der Waals surface area contributed by atoms with Crippen molar-refractivity contribution < 1.29 is 0 Å². The smallest absolute Gasteiger partial charge is 0.0713 e. The van der Waals surface area contributed by atoms with Crippen LogP contribution in [-0.4, -0.2) is 7.05 Å². The van der Waals surface area contributed by atoms with Crippen LogP contribution in [0.5, 0.6) is 0 Å². The van der Waals surface area contributed by atoms with Gasteiger partial charge < -0.3 is 4.90 Å². The van der Waals surface area contributed by atoms with Crippen molar-refractivity contribution in [3.63, 3.8) is 0 Å². The lowest BCUT2D eigenvalue weighted by atomic mass is 9.68. The molecule has 1 nitrogen and oxygen atoms in total. The van der Waals surface area contributed by atoms with Crippen LogP contribution in [0.15, 0.2) is 158 Å². The van der Waals surface area contributed by atoms with Crippen molar-refractivity contribution in [2.75, 3.05) is 11.9 Å². The van der Waals surface area contributed by atoms with Crippen molar-refractivity contribution in [2.45, 2.75) is 5.41 Å². The fourth-order valence-corrected chi connectivity index (χ4v) is 6.41. The van der Waals surface area contributed by atoms with Gasteiger partial charge in [0.15, 0.2) is 0 Å². The van der Waals surface area contributed by atoms with Crippen molar-refractivity contribution in [2.24, 2.45) is 0 Å². The number of nitrogens with zero attached hydrogens (tertiary/aromatic N) is 1. The van der Waals surface area contributed by atoms with E-state index < -0.39 is 0 Å². The highest BCUT2D eigenvalue weighted by atomic mass is 15.1. The summed E-state index contributed by atoms with van der Waals surface area (Å²) in [5.41, 5.74) is 12.3. The van der Waals surface area contributed by atoms with E-state index in [4.69, 9.17) is 0 Å². The molecule has 186 valence electrons. The SMILES string of the molecule is CN(c1ccc2c(c1)-c1ccccc1C2(c1ccccc1)c1ccccc1)c1ccccc1-c1ccccc1. The lowest BCUT2D eigenvalue weighted by Gasteiger charge is -2.34. The molecule has 0 spiro atoms. The molecule has 7 rings (SSSR count). The van der Waals surface area contributed by atoms with Crippen molar-refractivity contribution in [3.05, 3.63) is 180 Å². The maximum atomic E-state index is 2.38. The number of fused-ring (bicyclic) bond motifs is 3. The van der Waals surface area contributed by atoms with E-state index in [2.05, 4.69) is 170 Å². The van der Waals surface area contributed by atoms with Crippen LogP contribution in [-0.2, 0) is 5.41 Å². The van der Waals surface area contributed by atoms with Gasteiger partial charge >= 0.3 is 0 Å². The summed E-state index contributed by atoms with van der Waals surface area (Å²) in [6, 6.07) is 57.2. The first-order valence-electron chi connectivity index (χ1n) is 13.5. The number of hydrogen-bond donors (Lipinski definition) is 0. The third-order valence-corrected chi connectivity index (χ3v) is 8.18. The topological polar surface area (TPSA) is 3.24 Å². The minimum Gasteiger partial charge on any atom is -0.344 e. The molecule has 0 fully saturated rings. The van der Waals surface area contributed by atoms with Crippen LogP contribution in [0.2, 0.25) is 0 Å². The molecule has 6 aromatic carbocycles. The highest BCUT2D eigenvalue weighted by Crippen LogP contribution is 2.56. The highest BCUT2D eigenvalue weighted by molar-refractivity contribution is 5.90. The van der Waals surface area contributed by atoms with E-state index in [-0.39, 0.29) is 5.41 Å². The second kappa shape index (κ2) is 9.45. The fourth-order valence-electron chi connectivity index (χ4n) is 6.41. The Bertz CT molecular complexity index is 1710. The molecule has 6 aromatic rings. The molecule has 1 aliphatic rings. The summed E-state index contributed by atoms with van der Waals surface area (Å²) in [6.07, 6.45) is 0.